The van der Waals surface area contributed by atoms with Gasteiger partial charge in [-0.05, 0) is 94.1 Å². The van der Waals surface area contributed by atoms with E-state index in [1.54, 1.807) is 30.3 Å². The van der Waals surface area contributed by atoms with Gasteiger partial charge in [0.2, 0.25) is 6.10 Å². The lowest BCUT2D eigenvalue weighted by Gasteiger charge is -2.56. The average molecular weight is 971 g/mol. The number of cyclic esters (lactones) is 1. The molecule has 0 bridgehead atoms. The van der Waals surface area contributed by atoms with Crippen LogP contribution in [-0.4, -0.2) is 107 Å². The minimum atomic E-state index is -6.29. The summed E-state index contributed by atoms with van der Waals surface area (Å²) < 4.78 is 173. The first-order valence-electron chi connectivity index (χ1n) is 20.0. The Hall–Kier alpha value is -4.16. The summed E-state index contributed by atoms with van der Waals surface area (Å²) in [6.45, 7) is 5.51. The third-order valence-electron chi connectivity index (χ3n) is 13.7. The number of aliphatic hydroxyl groups is 2. The molecule has 0 amide bonds. The van der Waals surface area contributed by atoms with Crippen LogP contribution in [0.4, 0.5) is 35.1 Å². The van der Waals surface area contributed by atoms with E-state index in [2.05, 4.69) is 4.74 Å². The Bertz CT molecular complexity index is 2050. The molecule has 3 N–H and O–H groups in total. The minimum Gasteiger partial charge on any atom is -0.463 e. The summed E-state index contributed by atoms with van der Waals surface area (Å²) in [6.07, 6.45) is -18.6. The van der Waals surface area contributed by atoms with Gasteiger partial charge >= 0.3 is 57.6 Å². The smallest absolute Gasteiger partial charge is 0.417 e. The van der Waals surface area contributed by atoms with Gasteiger partial charge in [0.1, 0.15) is 11.7 Å². The molecule has 1 saturated carbocycles. The van der Waals surface area contributed by atoms with Gasteiger partial charge in [-0.1, -0.05) is 30.3 Å². The Balaban J connectivity index is 2.41. The van der Waals surface area contributed by atoms with Gasteiger partial charge in [-0.25, -0.2) is 4.79 Å². The zero-order valence-electron chi connectivity index (χ0n) is 37.1. The standard InChI is InChI=1S/C41H54F8O15S/c1-32(2,28(51)61-21-39(42,43)65(57,58)59)35(7,30(53)62-25-19-23(37(9,55)40(44,45)46)18-24(20-25)38(10,56)41(47,48)49)36(8,31(54)63-26-16-17-60-27(26)50)33(3,4)29(52)64-34(5,6)22-14-12-11-13-15-22/h11-15,23-26,55-56H,16-21H2,1-10H3,(H,57,58,59). The highest BCUT2D eigenvalue weighted by molar-refractivity contribution is 7.86. The summed E-state index contributed by atoms with van der Waals surface area (Å²) >= 11 is 0. The van der Waals surface area contributed by atoms with Crippen LogP contribution in [-0.2, 0) is 63.4 Å². The van der Waals surface area contributed by atoms with Crippen molar-refractivity contribution in [1.82, 2.24) is 0 Å². The zero-order chi connectivity index (χ0) is 50.6. The van der Waals surface area contributed by atoms with Crippen molar-refractivity contribution >= 4 is 40.0 Å². The molecule has 65 heavy (non-hydrogen) atoms. The summed E-state index contributed by atoms with van der Waals surface area (Å²) in [5.74, 6) is -12.6. The SMILES string of the molecule is CC(C)(OC(=O)C(C)(C)C(C)(C(=O)OC1CCOC1=O)C(C)(C(=O)OC1CC(C(C)(O)C(F)(F)F)CC(C(C)(O)C(F)(F)F)C1)C(C)(C)C(=O)OCC(F)(F)S(=O)(=O)O)c1ccccc1. The number of carbonyl (C=O) groups is 5. The summed E-state index contributed by atoms with van der Waals surface area (Å²) in [5, 5.41) is 16.2. The van der Waals surface area contributed by atoms with Gasteiger partial charge in [0.15, 0.2) is 17.8 Å². The second-order valence-electron chi connectivity index (χ2n) is 18.7. The summed E-state index contributed by atoms with van der Waals surface area (Å²) in [7, 11) is -6.29. The van der Waals surface area contributed by atoms with Crippen molar-refractivity contribution in [3.63, 3.8) is 0 Å². The van der Waals surface area contributed by atoms with Crippen LogP contribution in [0, 0.1) is 33.5 Å². The fraction of sp³-hybridized carbons (Fsp3) is 0.732. The van der Waals surface area contributed by atoms with Crippen molar-refractivity contribution in [2.45, 2.75) is 142 Å². The molecule has 0 aromatic heterocycles. The summed E-state index contributed by atoms with van der Waals surface area (Å²) in [4.78, 5) is 71.7. The Morgan fingerprint density at radius 2 is 1.11 bits per heavy atom. The van der Waals surface area contributed by atoms with Gasteiger partial charge in [0.25, 0.3) is 0 Å². The normalized spacial score (nSPS) is 24.2. The number of rotatable bonds is 16. The number of carbonyl (C=O) groups excluding carboxylic acids is 5. The number of alkyl halides is 8. The number of benzene rings is 1. The Morgan fingerprint density at radius 3 is 1.51 bits per heavy atom. The summed E-state index contributed by atoms with van der Waals surface area (Å²) in [6, 6.07) is 7.86. The van der Waals surface area contributed by atoms with E-state index in [1.807, 2.05) is 0 Å². The van der Waals surface area contributed by atoms with Crippen molar-refractivity contribution in [3.8, 4) is 0 Å². The van der Waals surface area contributed by atoms with Crippen molar-refractivity contribution < 1.29 is 106 Å². The van der Waals surface area contributed by atoms with Crippen molar-refractivity contribution in [3.05, 3.63) is 35.9 Å². The van der Waals surface area contributed by atoms with Gasteiger partial charge in [0, 0.05) is 18.3 Å². The Morgan fingerprint density at radius 1 is 0.677 bits per heavy atom. The molecule has 7 unspecified atom stereocenters. The van der Waals surface area contributed by atoms with Crippen molar-refractivity contribution in [2.75, 3.05) is 13.2 Å². The highest BCUT2D eigenvalue weighted by Gasteiger charge is 2.75. The fourth-order valence-corrected chi connectivity index (χ4v) is 8.29. The molecule has 1 aliphatic heterocycles. The third-order valence-corrected chi connectivity index (χ3v) is 14.6. The number of esters is 5. The van der Waals surface area contributed by atoms with Crippen LogP contribution < -0.4 is 0 Å². The van der Waals surface area contributed by atoms with Gasteiger partial charge in [-0.3, -0.25) is 23.7 Å². The van der Waals surface area contributed by atoms with Crippen LogP contribution in [0.3, 0.4) is 0 Å². The lowest BCUT2D eigenvalue weighted by molar-refractivity contribution is -0.300. The first-order valence-corrected chi connectivity index (χ1v) is 21.4. The number of halogens is 8. The maximum atomic E-state index is 15.2. The molecule has 7 atom stereocenters. The van der Waals surface area contributed by atoms with Gasteiger partial charge in [0.05, 0.1) is 28.3 Å². The molecule has 2 aliphatic rings. The molecule has 1 heterocycles. The van der Waals surface area contributed by atoms with E-state index in [0.717, 1.165) is 34.6 Å². The molecule has 1 aromatic carbocycles. The van der Waals surface area contributed by atoms with Crippen LogP contribution in [0.25, 0.3) is 0 Å². The zero-order valence-corrected chi connectivity index (χ0v) is 37.9. The molecule has 0 spiro atoms. The third kappa shape index (κ3) is 10.1. The molecule has 24 heteroatoms. The van der Waals surface area contributed by atoms with Gasteiger partial charge in [-0.15, -0.1) is 0 Å². The summed E-state index contributed by atoms with van der Waals surface area (Å²) in [5.41, 5.74) is -20.6. The maximum Gasteiger partial charge on any atom is 0.417 e. The van der Waals surface area contributed by atoms with E-state index in [4.69, 9.17) is 23.5 Å². The van der Waals surface area contributed by atoms with E-state index >= 15 is 4.79 Å². The quantitative estimate of drug-likeness (QED) is 0.0709. The molecule has 3 rings (SSSR count). The predicted octanol–water partition coefficient (Wildman–Crippen LogP) is 6.37. The molecule has 1 aromatic rings. The molecule has 0 radical (unpaired) electrons. The number of ether oxygens (including phenoxy) is 5. The average Bonchev–Trinajstić information content (AvgIpc) is 3.57. The topological polar surface area (TPSA) is 226 Å². The Kier molecular flexibility index (Phi) is 15.1. The molecule has 1 saturated heterocycles. The van der Waals surface area contributed by atoms with E-state index in [-0.39, 0.29) is 26.9 Å². The monoisotopic (exact) mass is 970 g/mol. The van der Waals surface area contributed by atoms with Crippen LogP contribution >= 0.6 is 0 Å². The van der Waals surface area contributed by atoms with Crippen LogP contribution in [0.1, 0.15) is 100 Å². The highest BCUT2D eigenvalue weighted by Crippen LogP contribution is 2.63. The van der Waals surface area contributed by atoms with Crippen LogP contribution in [0.5, 0.6) is 0 Å². The lowest BCUT2D eigenvalue weighted by Crippen LogP contribution is -2.67. The molecule has 1 aliphatic carbocycles. The largest absolute Gasteiger partial charge is 0.463 e. The van der Waals surface area contributed by atoms with Crippen LogP contribution in [0.15, 0.2) is 30.3 Å². The van der Waals surface area contributed by atoms with Crippen molar-refractivity contribution in [1.29, 1.82) is 0 Å². The van der Waals surface area contributed by atoms with E-state index in [0.29, 0.717) is 12.5 Å². The van der Waals surface area contributed by atoms with Crippen LogP contribution in [0.2, 0.25) is 0 Å². The van der Waals surface area contributed by atoms with Gasteiger partial charge in [-0.2, -0.15) is 43.5 Å². The van der Waals surface area contributed by atoms with E-state index in [9.17, 15) is 72.9 Å². The molecule has 370 valence electrons. The van der Waals surface area contributed by atoms with E-state index in [1.165, 1.54) is 13.8 Å². The molecular formula is C41H54F8O15S. The fourth-order valence-electron chi connectivity index (χ4n) is 8.08. The van der Waals surface area contributed by atoms with E-state index < -0.39 is 146 Å². The maximum absolute atomic E-state index is 15.2. The number of hydrogen-bond acceptors (Lipinski definition) is 14. The van der Waals surface area contributed by atoms with Gasteiger partial charge < -0.3 is 33.9 Å². The molecule has 15 nitrogen and oxygen atoms in total. The second kappa shape index (κ2) is 17.8. The first kappa shape index (κ1) is 55.2. The highest BCUT2D eigenvalue weighted by atomic mass is 32.2. The molecule has 2 fully saturated rings. The lowest BCUT2D eigenvalue weighted by atomic mass is 9.45. The van der Waals surface area contributed by atoms with Crippen molar-refractivity contribution in [2.24, 2.45) is 33.5 Å². The minimum absolute atomic E-state index is 0.235. The second-order valence-corrected chi connectivity index (χ2v) is 20.3. The number of hydrogen-bond donors (Lipinski definition) is 3. The Labute approximate surface area is 369 Å². The first-order chi connectivity index (χ1) is 29.0. The molecular weight excluding hydrogens is 916 g/mol. The predicted molar refractivity (Wildman–Crippen MR) is 206 cm³/mol.